The fraction of sp³-hybridized carbons (Fsp3) is 0.385. The van der Waals surface area contributed by atoms with Gasteiger partial charge < -0.3 is 4.74 Å². The van der Waals surface area contributed by atoms with E-state index in [0.717, 1.165) is 16.8 Å². The van der Waals surface area contributed by atoms with E-state index >= 15 is 0 Å². The molecule has 0 saturated carbocycles. The highest BCUT2D eigenvalue weighted by Crippen LogP contribution is 2.35. The van der Waals surface area contributed by atoms with E-state index in [1.54, 1.807) is 20.8 Å². The maximum absolute atomic E-state index is 12.8. The van der Waals surface area contributed by atoms with Crippen LogP contribution in [0.2, 0.25) is 0 Å². The van der Waals surface area contributed by atoms with Gasteiger partial charge in [0.2, 0.25) is 0 Å². The van der Waals surface area contributed by atoms with Gasteiger partial charge in [0.25, 0.3) is 0 Å². The first kappa shape index (κ1) is 15.8. The Balaban J connectivity index is 2.57. The minimum Gasteiger partial charge on any atom is -0.442 e. The molecule has 0 N–H and O–H groups in total. The number of halogens is 4. The van der Waals surface area contributed by atoms with Crippen molar-refractivity contribution in [1.29, 1.82) is 0 Å². The molecule has 0 aliphatic heterocycles. The van der Waals surface area contributed by atoms with Crippen molar-refractivity contribution in [3.05, 3.63) is 28.4 Å². The van der Waals surface area contributed by atoms with Gasteiger partial charge in [-0.3, -0.25) is 0 Å². The molecule has 0 aliphatic rings. The van der Waals surface area contributed by atoms with Crippen molar-refractivity contribution >= 4 is 32.9 Å². The van der Waals surface area contributed by atoms with E-state index in [0.29, 0.717) is 5.39 Å². The average molecular weight is 365 g/mol. The van der Waals surface area contributed by atoms with Gasteiger partial charge in [-0.05, 0) is 32.9 Å². The van der Waals surface area contributed by atoms with Crippen LogP contribution in [-0.4, -0.2) is 21.5 Å². The number of hydrogen-bond acceptors (Lipinski definition) is 3. The van der Waals surface area contributed by atoms with Crippen LogP contribution in [-0.2, 0) is 10.9 Å². The van der Waals surface area contributed by atoms with Gasteiger partial charge in [0.05, 0.1) is 17.3 Å². The molecule has 1 aromatic carbocycles. The summed E-state index contributed by atoms with van der Waals surface area (Å²) in [6.07, 6.45) is -4.04. The van der Waals surface area contributed by atoms with Gasteiger partial charge in [-0.25, -0.2) is 4.79 Å². The Kier molecular flexibility index (Phi) is 3.77. The Labute approximate surface area is 127 Å². The zero-order chi connectivity index (χ0) is 16.0. The molecule has 0 aliphatic carbocycles. The summed E-state index contributed by atoms with van der Waals surface area (Å²) in [7, 11) is 0. The molecule has 0 spiro atoms. The van der Waals surface area contributed by atoms with Crippen LogP contribution in [0, 0.1) is 0 Å². The lowest BCUT2D eigenvalue weighted by Crippen LogP contribution is -2.27. The van der Waals surface area contributed by atoms with Crippen LogP contribution in [0.5, 0.6) is 0 Å². The van der Waals surface area contributed by atoms with E-state index in [9.17, 15) is 18.0 Å². The summed E-state index contributed by atoms with van der Waals surface area (Å²) in [5.74, 6) is 0. The molecule has 21 heavy (non-hydrogen) atoms. The second-order valence-corrected chi connectivity index (χ2v) is 6.28. The normalized spacial score (nSPS) is 12.7. The first-order valence-electron chi connectivity index (χ1n) is 5.97. The lowest BCUT2D eigenvalue weighted by Gasteiger charge is -2.19. The first-order chi connectivity index (χ1) is 9.49. The number of benzene rings is 1. The smallest absolute Gasteiger partial charge is 0.435 e. The molecule has 114 valence electrons. The van der Waals surface area contributed by atoms with Gasteiger partial charge in [-0.2, -0.15) is 23.0 Å². The fourth-order valence-electron chi connectivity index (χ4n) is 1.70. The molecular formula is C13H12BrF3N2O2. The largest absolute Gasteiger partial charge is 0.442 e. The van der Waals surface area contributed by atoms with Crippen LogP contribution in [0.25, 0.3) is 10.9 Å². The predicted octanol–water partition coefficient (Wildman–Crippen LogP) is 4.60. The predicted molar refractivity (Wildman–Crippen MR) is 74.1 cm³/mol. The Morgan fingerprint density at radius 1 is 1.29 bits per heavy atom. The standard InChI is InChI=1S/C13H12BrF3N2O2/c1-12(2,3)21-11(20)19-10-5-7(13(15,16)17)4-9(14)8(10)6-18-19/h4-6H,1-3H3. The van der Waals surface area contributed by atoms with Crippen LogP contribution in [0.4, 0.5) is 18.0 Å². The van der Waals surface area contributed by atoms with Gasteiger partial charge in [-0.15, -0.1) is 0 Å². The third-order valence-electron chi connectivity index (χ3n) is 2.53. The maximum atomic E-state index is 12.8. The molecule has 0 fully saturated rings. The fourth-order valence-corrected chi connectivity index (χ4v) is 2.25. The molecular weight excluding hydrogens is 353 g/mol. The van der Waals surface area contributed by atoms with E-state index in [4.69, 9.17) is 4.74 Å². The average Bonchev–Trinajstić information content (AvgIpc) is 2.69. The third-order valence-corrected chi connectivity index (χ3v) is 3.19. The minimum atomic E-state index is -4.51. The number of carbonyl (C=O) groups excluding carboxylic acids is 1. The third kappa shape index (κ3) is 3.37. The number of aromatic nitrogens is 2. The Hall–Kier alpha value is -1.57. The molecule has 2 aromatic rings. The number of rotatable bonds is 0. The van der Waals surface area contributed by atoms with Crippen molar-refractivity contribution in [2.75, 3.05) is 0 Å². The number of ether oxygens (including phenoxy) is 1. The first-order valence-corrected chi connectivity index (χ1v) is 6.76. The summed E-state index contributed by atoms with van der Waals surface area (Å²) in [6.45, 7) is 4.98. The van der Waals surface area contributed by atoms with Crippen LogP contribution >= 0.6 is 15.9 Å². The van der Waals surface area contributed by atoms with Crippen LogP contribution in [0.3, 0.4) is 0 Å². The Morgan fingerprint density at radius 3 is 2.43 bits per heavy atom. The molecule has 0 bridgehead atoms. The number of nitrogens with zero attached hydrogens (tertiary/aromatic N) is 2. The lowest BCUT2D eigenvalue weighted by atomic mass is 10.1. The second-order valence-electron chi connectivity index (χ2n) is 5.43. The minimum absolute atomic E-state index is 0.0333. The summed E-state index contributed by atoms with van der Waals surface area (Å²) in [5, 5.41) is 4.21. The molecule has 2 rings (SSSR count). The van der Waals surface area contributed by atoms with Crippen molar-refractivity contribution in [3.8, 4) is 0 Å². The summed E-state index contributed by atoms with van der Waals surface area (Å²) in [6, 6.07) is 1.82. The van der Waals surface area contributed by atoms with Crippen LogP contribution in [0.15, 0.2) is 22.8 Å². The monoisotopic (exact) mass is 364 g/mol. The highest BCUT2D eigenvalue weighted by Gasteiger charge is 2.32. The maximum Gasteiger partial charge on any atom is 0.435 e. The zero-order valence-electron chi connectivity index (χ0n) is 11.5. The SMILES string of the molecule is CC(C)(C)OC(=O)n1ncc2c(Br)cc(C(F)(F)F)cc21. The number of fused-ring (bicyclic) bond motifs is 1. The number of hydrogen-bond donors (Lipinski definition) is 0. The van der Waals surface area contributed by atoms with Crippen molar-refractivity contribution in [2.45, 2.75) is 32.5 Å². The van der Waals surface area contributed by atoms with Crippen molar-refractivity contribution in [2.24, 2.45) is 0 Å². The molecule has 0 unspecified atom stereocenters. The lowest BCUT2D eigenvalue weighted by molar-refractivity contribution is -0.137. The van der Waals surface area contributed by atoms with E-state index in [1.807, 2.05) is 0 Å². The van der Waals surface area contributed by atoms with Crippen molar-refractivity contribution in [3.63, 3.8) is 0 Å². The number of alkyl halides is 3. The van der Waals surface area contributed by atoms with Gasteiger partial charge in [0.15, 0.2) is 0 Å². The summed E-state index contributed by atoms with van der Waals surface area (Å²) < 4.78 is 44.7. The quantitative estimate of drug-likeness (QED) is 0.685. The van der Waals surface area contributed by atoms with Crippen molar-refractivity contribution < 1.29 is 22.7 Å². The molecule has 0 radical (unpaired) electrons. The van der Waals surface area contributed by atoms with Gasteiger partial charge >= 0.3 is 12.3 Å². The molecule has 0 amide bonds. The van der Waals surface area contributed by atoms with E-state index in [2.05, 4.69) is 21.0 Å². The molecule has 1 aromatic heterocycles. The van der Waals surface area contributed by atoms with Gasteiger partial charge in [0, 0.05) is 9.86 Å². The number of carbonyl (C=O) groups is 1. The van der Waals surface area contributed by atoms with Crippen LogP contribution < -0.4 is 0 Å². The molecule has 0 saturated heterocycles. The van der Waals surface area contributed by atoms with E-state index in [-0.39, 0.29) is 9.99 Å². The topological polar surface area (TPSA) is 44.1 Å². The Morgan fingerprint density at radius 2 is 1.90 bits per heavy atom. The van der Waals surface area contributed by atoms with Crippen molar-refractivity contribution in [1.82, 2.24) is 9.78 Å². The summed E-state index contributed by atoms with van der Waals surface area (Å²) in [4.78, 5) is 12.0. The highest BCUT2D eigenvalue weighted by atomic mass is 79.9. The van der Waals surface area contributed by atoms with E-state index in [1.165, 1.54) is 6.20 Å². The van der Waals surface area contributed by atoms with Crippen LogP contribution in [0.1, 0.15) is 26.3 Å². The van der Waals surface area contributed by atoms with Gasteiger partial charge in [0.1, 0.15) is 5.60 Å². The molecule has 0 atom stereocenters. The molecule has 1 heterocycles. The zero-order valence-corrected chi connectivity index (χ0v) is 13.0. The van der Waals surface area contributed by atoms with E-state index < -0.39 is 23.4 Å². The molecule has 4 nitrogen and oxygen atoms in total. The highest BCUT2D eigenvalue weighted by molar-refractivity contribution is 9.10. The summed E-state index contributed by atoms with van der Waals surface area (Å²) >= 11 is 3.06. The molecule has 8 heteroatoms. The Bertz CT molecular complexity index is 702. The van der Waals surface area contributed by atoms with Gasteiger partial charge in [-0.1, -0.05) is 15.9 Å². The summed E-state index contributed by atoms with van der Waals surface area (Å²) in [5.41, 5.74) is -1.60. The second kappa shape index (κ2) is 5.01.